The summed E-state index contributed by atoms with van der Waals surface area (Å²) in [5, 5.41) is 3.84. The first kappa shape index (κ1) is 29.6. The van der Waals surface area contributed by atoms with Crippen LogP contribution in [0.1, 0.15) is 33.9 Å². The van der Waals surface area contributed by atoms with Gasteiger partial charge in [0.15, 0.2) is 5.60 Å². The lowest BCUT2D eigenvalue weighted by atomic mass is 9.68. The van der Waals surface area contributed by atoms with Gasteiger partial charge in [-0.2, -0.15) is 0 Å². The molecule has 9 heteroatoms. The Balaban J connectivity index is 1.67. The van der Waals surface area contributed by atoms with Crippen molar-refractivity contribution in [2.45, 2.75) is 17.1 Å². The minimum absolute atomic E-state index is 0.245. The molecule has 2 heterocycles. The fraction of sp³-hybridized carbons (Fsp3) is 0.243. The number of nitrogens with one attached hydrogen (secondary N) is 2. The van der Waals surface area contributed by atoms with E-state index < -0.39 is 17.1 Å². The van der Waals surface area contributed by atoms with Crippen LogP contribution in [-0.2, 0) is 15.9 Å². The molecule has 1 aromatic heterocycles. The first-order valence-corrected chi connectivity index (χ1v) is 15.1. The van der Waals surface area contributed by atoms with E-state index in [0.717, 1.165) is 22.3 Å². The van der Waals surface area contributed by atoms with Crippen molar-refractivity contribution in [3.05, 3.63) is 135 Å². The van der Waals surface area contributed by atoms with E-state index in [1.165, 1.54) is 0 Å². The second-order valence-electron chi connectivity index (χ2n) is 11.3. The molecular formula is C37H35N3O6. The maximum atomic E-state index is 14.6. The van der Waals surface area contributed by atoms with Gasteiger partial charge in [0, 0.05) is 31.4 Å². The highest BCUT2D eigenvalue weighted by atomic mass is 16.5. The highest BCUT2D eigenvalue weighted by Gasteiger charge is 2.74. The number of methoxy groups -OCH3 is 4. The number of aromatic amines is 1. The topological polar surface area (TPSA) is 104 Å². The summed E-state index contributed by atoms with van der Waals surface area (Å²) in [5.74, 6) is 2.23. The summed E-state index contributed by atoms with van der Waals surface area (Å²) in [6.07, 6.45) is 0. The van der Waals surface area contributed by atoms with Gasteiger partial charge >= 0.3 is 0 Å². The zero-order valence-electron chi connectivity index (χ0n) is 26.1. The molecule has 4 aromatic carbocycles. The van der Waals surface area contributed by atoms with Gasteiger partial charge in [-0.1, -0.05) is 72.8 Å². The molecule has 2 aliphatic rings. The van der Waals surface area contributed by atoms with Gasteiger partial charge in [-0.3, -0.25) is 10.1 Å². The molecule has 0 radical (unpaired) electrons. The van der Waals surface area contributed by atoms with Crippen molar-refractivity contribution in [2.75, 3.05) is 41.6 Å². The maximum Gasteiger partial charge on any atom is 0.255 e. The number of ether oxygens (including phenoxy) is 5. The van der Waals surface area contributed by atoms with Crippen LogP contribution in [-0.4, -0.2) is 51.6 Å². The molecule has 7 rings (SSSR count). The van der Waals surface area contributed by atoms with Gasteiger partial charge in [0.1, 0.15) is 34.4 Å². The van der Waals surface area contributed by atoms with Crippen molar-refractivity contribution in [3.8, 4) is 34.4 Å². The fourth-order valence-electron chi connectivity index (χ4n) is 7.24. The van der Waals surface area contributed by atoms with E-state index in [4.69, 9.17) is 28.7 Å². The summed E-state index contributed by atoms with van der Waals surface area (Å²) in [6, 6.07) is 31.1. The molecular weight excluding hydrogens is 582 g/mol. The van der Waals surface area contributed by atoms with E-state index in [9.17, 15) is 4.79 Å². The molecule has 5 aromatic rings. The zero-order valence-corrected chi connectivity index (χ0v) is 26.1. The lowest BCUT2D eigenvalue weighted by molar-refractivity contribution is 0.00902. The summed E-state index contributed by atoms with van der Waals surface area (Å²) in [7, 11) is 6.52. The number of nitrogens with zero attached hydrogens (tertiary/aromatic N) is 1. The van der Waals surface area contributed by atoms with E-state index in [1.54, 1.807) is 28.4 Å². The standard InChI is InChI=1S/C37H35N3O6/c1-42-20-19-38-36-32-28(45-4)21-27(44-3)22-29(32)46-37(36,25-15-17-26(43-2)18-16-25)31(23-11-7-5-8-12-23)30-33(36)39-34(40-35(30)41)24-13-9-6-10-14-24/h5-18,21-22,31,38H,19-20H2,1-4H3,(H,39,40,41)/t31-,36+,37+/m1/s1. The van der Waals surface area contributed by atoms with E-state index in [0.29, 0.717) is 53.2 Å². The molecule has 46 heavy (non-hydrogen) atoms. The number of aromatic nitrogens is 2. The largest absolute Gasteiger partial charge is 0.497 e. The van der Waals surface area contributed by atoms with E-state index in [-0.39, 0.29) is 5.56 Å². The summed E-state index contributed by atoms with van der Waals surface area (Å²) in [5.41, 5.74) is 1.57. The SMILES string of the molecule is COCCN[C@@]12c3nc(-c4ccccc4)[nH]c(=O)c3[C@@H](c3ccccc3)[C@]1(c1ccc(OC)cc1)Oc1cc(OC)cc(OC)c12. The third kappa shape index (κ3) is 4.23. The van der Waals surface area contributed by atoms with Crippen LogP contribution in [0.25, 0.3) is 11.4 Å². The van der Waals surface area contributed by atoms with E-state index >= 15 is 0 Å². The van der Waals surface area contributed by atoms with Crippen molar-refractivity contribution < 1.29 is 23.7 Å². The molecule has 9 nitrogen and oxygen atoms in total. The predicted octanol–water partition coefficient (Wildman–Crippen LogP) is 5.38. The van der Waals surface area contributed by atoms with Gasteiger partial charge in [-0.25, -0.2) is 4.98 Å². The second-order valence-corrected chi connectivity index (χ2v) is 11.3. The van der Waals surface area contributed by atoms with E-state index in [1.807, 2.05) is 97.1 Å². The Labute approximate surface area is 267 Å². The van der Waals surface area contributed by atoms with E-state index in [2.05, 4.69) is 10.3 Å². The summed E-state index contributed by atoms with van der Waals surface area (Å²) >= 11 is 0. The van der Waals surface area contributed by atoms with Gasteiger partial charge in [0.05, 0.1) is 50.7 Å². The quantitative estimate of drug-likeness (QED) is 0.202. The number of rotatable bonds is 10. The van der Waals surface area contributed by atoms with Crippen LogP contribution in [0.2, 0.25) is 0 Å². The van der Waals surface area contributed by atoms with Crippen molar-refractivity contribution >= 4 is 0 Å². The van der Waals surface area contributed by atoms with Gasteiger partial charge in [0.25, 0.3) is 5.56 Å². The molecule has 1 aliphatic carbocycles. The lowest BCUT2D eigenvalue weighted by Crippen LogP contribution is -2.58. The van der Waals surface area contributed by atoms with Crippen molar-refractivity contribution in [3.63, 3.8) is 0 Å². The number of hydrogen-bond acceptors (Lipinski definition) is 8. The van der Waals surface area contributed by atoms with Crippen LogP contribution in [0.15, 0.2) is 102 Å². The number of hydrogen-bond donors (Lipinski definition) is 2. The number of benzene rings is 4. The van der Waals surface area contributed by atoms with Gasteiger partial charge < -0.3 is 28.7 Å². The van der Waals surface area contributed by atoms with Crippen LogP contribution in [0.4, 0.5) is 0 Å². The summed E-state index contributed by atoms with van der Waals surface area (Å²) in [4.78, 5) is 23.0. The van der Waals surface area contributed by atoms with Crippen LogP contribution >= 0.6 is 0 Å². The Morgan fingerprint density at radius 3 is 2.20 bits per heavy atom. The van der Waals surface area contributed by atoms with Crippen molar-refractivity contribution in [1.82, 2.24) is 15.3 Å². The maximum absolute atomic E-state index is 14.6. The summed E-state index contributed by atoms with van der Waals surface area (Å²) in [6.45, 7) is 0.816. The number of H-pyrrole nitrogens is 1. The lowest BCUT2D eigenvalue weighted by Gasteiger charge is -2.44. The Morgan fingerprint density at radius 1 is 0.848 bits per heavy atom. The van der Waals surface area contributed by atoms with Crippen molar-refractivity contribution in [2.24, 2.45) is 0 Å². The third-order valence-electron chi connectivity index (χ3n) is 9.10. The van der Waals surface area contributed by atoms with Crippen LogP contribution in [0.5, 0.6) is 23.0 Å². The minimum atomic E-state index is -1.26. The molecule has 0 saturated heterocycles. The smallest absolute Gasteiger partial charge is 0.255 e. The van der Waals surface area contributed by atoms with Gasteiger partial charge in [0.2, 0.25) is 0 Å². The second kappa shape index (κ2) is 11.7. The van der Waals surface area contributed by atoms with Crippen molar-refractivity contribution in [1.29, 1.82) is 0 Å². The molecule has 0 bridgehead atoms. The number of fused-ring (bicyclic) bond motifs is 5. The average molecular weight is 618 g/mol. The van der Waals surface area contributed by atoms with Crippen LogP contribution in [0.3, 0.4) is 0 Å². The molecule has 3 atom stereocenters. The molecule has 234 valence electrons. The Morgan fingerprint density at radius 2 is 1.54 bits per heavy atom. The van der Waals surface area contributed by atoms with Crippen LogP contribution < -0.4 is 29.8 Å². The molecule has 0 spiro atoms. The zero-order chi connectivity index (χ0) is 31.9. The molecule has 2 N–H and O–H groups in total. The molecule has 1 aliphatic heterocycles. The highest BCUT2D eigenvalue weighted by Crippen LogP contribution is 2.69. The van der Waals surface area contributed by atoms with Gasteiger partial charge in [-0.15, -0.1) is 0 Å². The first-order valence-electron chi connectivity index (χ1n) is 15.1. The predicted molar refractivity (Wildman–Crippen MR) is 174 cm³/mol. The monoisotopic (exact) mass is 617 g/mol. The first-order chi connectivity index (χ1) is 22.5. The normalized spacial score (nSPS) is 20.7. The Hall–Kier alpha value is -5.12. The minimum Gasteiger partial charge on any atom is -0.497 e. The van der Waals surface area contributed by atoms with Crippen LogP contribution in [0, 0.1) is 0 Å². The van der Waals surface area contributed by atoms with Gasteiger partial charge in [-0.05, 0) is 23.3 Å². The molecule has 0 amide bonds. The fourth-order valence-corrected chi connectivity index (χ4v) is 7.24. The molecule has 0 fully saturated rings. The third-order valence-corrected chi connectivity index (χ3v) is 9.10. The Kier molecular flexibility index (Phi) is 7.50. The summed E-state index contributed by atoms with van der Waals surface area (Å²) < 4.78 is 30.2. The average Bonchev–Trinajstić information content (AvgIpc) is 3.53. The highest BCUT2D eigenvalue weighted by molar-refractivity contribution is 5.71. The molecule has 0 saturated carbocycles. The molecule has 0 unspecified atom stereocenters. The Bertz CT molecular complexity index is 1930.